The summed E-state index contributed by atoms with van der Waals surface area (Å²) in [6.45, 7) is 0.790. The number of nitrogen functional groups attached to an aromatic ring is 1. The van der Waals surface area contributed by atoms with E-state index in [0.29, 0.717) is 5.69 Å². The fraction of sp³-hybridized carbons (Fsp3) is 0.214. The SMILES string of the molecule is COc1ccc(CN(C)c2ccncc2N)cc1. The molecule has 0 aliphatic heterocycles. The van der Waals surface area contributed by atoms with Crippen molar-refractivity contribution in [3.8, 4) is 5.75 Å². The van der Waals surface area contributed by atoms with Crippen LogP contribution in [0.1, 0.15) is 5.56 Å². The number of anilines is 2. The lowest BCUT2D eigenvalue weighted by molar-refractivity contribution is 0.414. The fourth-order valence-corrected chi connectivity index (χ4v) is 1.84. The van der Waals surface area contributed by atoms with E-state index >= 15 is 0 Å². The van der Waals surface area contributed by atoms with Crippen molar-refractivity contribution < 1.29 is 4.74 Å². The molecule has 0 bridgehead atoms. The predicted molar refractivity (Wildman–Crippen MR) is 73.8 cm³/mol. The van der Waals surface area contributed by atoms with Crippen LogP contribution in [-0.2, 0) is 6.54 Å². The summed E-state index contributed by atoms with van der Waals surface area (Å²) < 4.78 is 5.14. The molecule has 0 unspecified atom stereocenters. The highest BCUT2D eigenvalue weighted by atomic mass is 16.5. The molecule has 94 valence electrons. The van der Waals surface area contributed by atoms with Crippen molar-refractivity contribution in [1.82, 2.24) is 4.98 Å². The van der Waals surface area contributed by atoms with Crippen molar-refractivity contribution in [2.75, 3.05) is 24.8 Å². The Bertz CT molecular complexity index is 511. The molecule has 0 amide bonds. The normalized spacial score (nSPS) is 10.1. The summed E-state index contributed by atoms with van der Waals surface area (Å²) in [7, 11) is 3.68. The van der Waals surface area contributed by atoms with Gasteiger partial charge < -0.3 is 15.4 Å². The summed E-state index contributed by atoms with van der Waals surface area (Å²) in [5, 5.41) is 0. The van der Waals surface area contributed by atoms with E-state index in [-0.39, 0.29) is 0 Å². The zero-order valence-electron chi connectivity index (χ0n) is 10.6. The predicted octanol–water partition coefficient (Wildman–Crippen LogP) is 2.31. The third-order valence-electron chi connectivity index (χ3n) is 2.82. The summed E-state index contributed by atoms with van der Waals surface area (Å²) in [5.74, 6) is 0.866. The van der Waals surface area contributed by atoms with E-state index in [1.165, 1.54) is 5.56 Å². The van der Waals surface area contributed by atoms with Crippen LogP contribution in [0, 0.1) is 0 Å². The minimum absolute atomic E-state index is 0.688. The van der Waals surface area contributed by atoms with Crippen LogP contribution >= 0.6 is 0 Å². The Labute approximate surface area is 107 Å². The van der Waals surface area contributed by atoms with Crippen molar-refractivity contribution in [3.05, 3.63) is 48.3 Å². The average Bonchev–Trinajstić information content (AvgIpc) is 2.40. The summed E-state index contributed by atoms with van der Waals surface area (Å²) in [4.78, 5) is 6.08. The molecule has 4 nitrogen and oxygen atoms in total. The van der Waals surface area contributed by atoms with E-state index in [1.807, 2.05) is 37.4 Å². The minimum Gasteiger partial charge on any atom is -0.497 e. The third-order valence-corrected chi connectivity index (χ3v) is 2.82. The van der Waals surface area contributed by atoms with Crippen LogP contribution in [0.25, 0.3) is 0 Å². The van der Waals surface area contributed by atoms with Crippen molar-refractivity contribution in [3.63, 3.8) is 0 Å². The Morgan fingerprint density at radius 2 is 1.94 bits per heavy atom. The summed E-state index contributed by atoms with van der Waals surface area (Å²) in [5.41, 5.74) is 8.78. The molecule has 2 aromatic rings. The number of aromatic nitrogens is 1. The van der Waals surface area contributed by atoms with E-state index in [2.05, 4.69) is 9.88 Å². The van der Waals surface area contributed by atoms with Gasteiger partial charge in [0.1, 0.15) is 5.75 Å². The Morgan fingerprint density at radius 1 is 1.22 bits per heavy atom. The Kier molecular flexibility index (Phi) is 3.67. The van der Waals surface area contributed by atoms with Gasteiger partial charge in [-0.25, -0.2) is 0 Å². The van der Waals surface area contributed by atoms with Crippen LogP contribution in [0.4, 0.5) is 11.4 Å². The average molecular weight is 243 g/mol. The molecule has 1 aromatic heterocycles. The van der Waals surface area contributed by atoms with Crippen LogP contribution in [0.2, 0.25) is 0 Å². The van der Waals surface area contributed by atoms with E-state index in [1.54, 1.807) is 19.5 Å². The van der Waals surface area contributed by atoms with Gasteiger partial charge in [0, 0.05) is 19.8 Å². The molecule has 4 heteroatoms. The van der Waals surface area contributed by atoms with E-state index in [4.69, 9.17) is 10.5 Å². The van der Waals surface area contributed by atoms with Gasteiger partial charge in [-0.1, -0.05) is 12.1 Å². The van der Waals surface area contributed by atoms with Crippen molar-refractivity contribution in [2.24, 2.45) is 0 Å². The van der Waals surface area contributed by atoms with Gasteiger partial charge in [0.25, 0.3) is 0 Å². The zero-order chi connectivity index (χ0) is 13.0. The number of benzene rings is 1. The number of pyridine rings is 1. The molecule has 0 spiro atoms. The Balaban J connectivity index is 2.11. The van der Waals surface area contributed by atoms with Crippen molar-refractivity contribution in [2.45, 2.75) is 6.54 Å². The highest BCUT2D eigenvalue weighted by Gasteiger charge is 2.05. The number of rotatable bonds is 4. The van der Waals surface area contributed by atoms with Gasteiger partial charge in [0.2, 0.25) is 0 Å². The summed E-state index contributed by atoms with van der Waals surface area (Å²) in [6.07, 6.45) is 3.41. The largest absolute Gasteiger partial charge is 0.497 e. The van der Waals surface area contributed by atoms with Crippen molar-refractivity contribution in [1.29, 1.82) is 0 Å². The monoisotopic (exact) mass is 243 g/mol. The number of nitrogens with two attached hydrogens (primary N) is 1. The molecule has 0 atom stereocenters. The molecular formula is C14H17N3O. The maximum absolute atomic E-state index is 5.90. The molecule has 0 radical (unpaired) electrons. The lowest BCUT2D eigenvalue weighted by Gasteiger charge is -2.20. The number of methoxy groups -OCH3 is 1. The Morgan fingerprint density at radius 3 is 2.56 bits per heavy atom. The lowest BCUT2D eigenvalue weighted by atomic mass is 10.2. The Hall–Kier alpha value is -2.23. The maximum Gasteiger partial charge on any atom is 0.118 e. The van der Waals surface area contributed by atoms with Crippen LogP contribution in [-0.4, -0.2) is 19.1 Å². The maximum atomic E-state index is 5.90. The zero-order valence-corrected chi connectivity index (χ0v) is 10.6. The summed E-state index contributed by atoms with van der Waals surface area (Å²) in [6, 6.07) is 9.93. The van der Waals surface area contributed by atoms with Gasteiger partial charge in [-0.3, -0.25) is 4.98 Å². The van der Waals surface area contributed by atoms with Gasteiger partial charge in [-0.2, -0.15) is 0 Å². The second-order valence-electron chi connectivity index (χ2n) is 4.14. The van der Waals surface area contributed by atoms with Crippen LogP contribution in [0.3, 0.4) is 0 Å². The smallest absolute Gasteiger partial charge is 0.118 e. The molecule has 18 heavy (non-hydrogen) atoms. The molecule has 0 aliphatic carbocycles. The van der Waals surface area contributed by atoms with E-state index < -0.39 is 0 Å². The lowest BCUT2D eigenvalue weighted by Crippen LogP contribution is -2.17. The second-order valence-corrected chi connectivity index (χ2v) is 4.14. The first-order valence-corrected chi connectivity index (χ1v) is 5.74. The number of ether oxygens (including phenoxy) is 1. The number of hydrogen-bond acceptors (Lipinski definition) is 4. The van der Waals surface area contributed by atoms with Crippen LogP contribution in [0.5, 0.6) is 5.75 Å². The molecular weight excluding hydrogens is 226 g/mol. The van der Waals surface area contributed by atoms with Crippen LogP contribution in [0.15, 0.2) is 42.7 Å². The molecule has 0 saturated carbocycles. The molecule has 1 aromatic carbocycles. The molecule has 2 rings (SSSR count). The molecule has 0 fully saturated rings. The molecule has 0 saturated heterocycles. The third kappa shape index (κ3) is 2.71. The quantitative estimate of drug-likeness (QED) is 0.895. The van der Waals surface area contributed by atoms with Gasteiger partial charge in [-0.05, 0) is 23.8 Å². The number of hydrogen-bond donors (Lipinski definition) is 1. The first-order chi connectivity index (χ1) is 8.70. The number of nitrogens with zero attached hydrogens (tertiary/aromatic N) is 2. The van der Waals surface area contributed by atoms with E-state index in [9.17, 15) is 0 Å². The topological polar surface area (TPSA) is 51.4 Å². The molecule has 2 N–H and O–H groups in total. The van der Waals surface area contributed by atoms with Crippen LogP contribution < -0.4 is 15.4 Å². The van der Waals surface area contributed by atoms with Gasteiger partial charge in [-0.15, -0.1) is 0 Å². The summed E-state index contributed by atoms with van der Waals surface area (Å²) >= 11 is 0. The molecule has 0 aliphatic rings. The standard InChI is InChI=1S/C14H17N3O/c1-17(14-7-8-16-9-13(14)15)10-11-3-5-12(18-2)6-4-11/h3-9H,10,15H2,1-2H3. The minimum atomic E-state index is 0.688. The first-order valence-electron chi connectivity index (χ1n) is 5.74. The van der Waals surface area contributed by atoms with Crippen molar-refractivity contribution >= 4 is 11.4 Å². The van der Waals surface area contributed by atoms with Gasteiger partial charge in [0.15, 0.2) is 0 Å². The second kappa shape index (κ2) is 5.40. The fourth-order valence-electron chi connectivity index (χ4n) is 1.84. The van der Waals surface area contributed by atoms with Gasteiger partial charge >= 0.3 is 0 Å². The highest BCUT2D eigenvalue weighted by Crippen LogP contribution is 2.22. The first kappa shape index (κ1) is 12.2. The highest BCUT2D eigenvalue weighted by molar-refractivity contribution is 5.65. The van der Waals surface area contributed by atoms with E-state index in [0.717, 1.165) is 18.0 Å². The molecule has 1 heterocycles. The van der Waals surface area contributed by atoms with Gasteiger partial charge in [0.05, 0.1) is 24.7 Å².